The average molecular weight is 397 g/mol. The maximum absolute atomic E-state index is 12.4. The molecule has 0 unspecified atom stereocenters. The molecule has 4 rings (SSSR count). The molecule has 29 heavy (non-hydrogen) atoms. The number of oxazole rings is 1. The summed E-state index contributed by atoms with van der Waals surface area (Å²) in [5.74, 6) is -0.498. The van der Waals surface area contributed by atoms with E-state index in [1.165, 1.54) is 12.3 Å². The zero-order valence-corrected chi connectivity index (χ0v) is 15.7. The van der Waals surface area contributed by atoms with Gasteiger partial charge in [0.25, 0.3) is 11.8 Å². The normalized spacial score (nSPS) is 13.9. The van der Waals surface area contributed by atoms with Crippen molar-refractivity contribution in [3.05, 3.63) is 53.7 Å². The molecule has 10 heteroatoms. The summed E-state index contributed by atoms with van der Waals surface area (Å²) < 4.78 is 15.3. The third-order valence-electron chi connectivity index (χ3n) is 4.32. The number of nitrogens with one attached hydrogen (secondary N) is 2. The van der Waals surface area contributed by atoms with Crippen LogP contribution in [0, 0.1) is 6.92 Å². The molecule has 2 aromatic heterocycles. The maximum atomic E-state index is 12.4. The van der Waals surface area contributed by atoms with E-state index in [-0.39, 0.29) is 17.4 Å². The van der Waals surface area contributed by atoms with E-state index in [0.29, 0.717) is 24.7 Å². The number of aromatic nitrogens is 2. The van der Waals surface area contributed by atoms with E-state index in [9.17, 15) is 9.59 Å². The Morgan fingerprint density at radius 2 is 1.76 bits per heavy atom. The fourth-order valence-corrected chi connectivity index (χ4v) is 2.84. The summed E-state index contributed by atoms with van der Waals surface area (Å²) in [6, 6.07) is 8.89. The van der Waals surface area contributed by atoms with Crippen molar-refractivity contribution in [1.82, 2.24) is 10.1 Å². The maximum Gasteiger partial charge on any atom is 0.302 e. The van der Waals surface area contributed by atoms with Crippen LogP contribution in [0.4, 0.5) is 17.4 Å². The number of anilines is 3. The van der Waals surface area contributed by atoms with Gasteiger partial charge in [-0.15, -0.1) is 0 Å². The lowest BCUT2D eigenvalue weighted by atomic mass is 10.2. The van der Waals surface area contributed by atoms with E-state index in [1.54, 1.807) is 6.92 Å². The van der Waals surface area contributed by atoms with Crippen molar-refractivity contribution >= 4 is 29.2 Å². The summed E-state index contributed by atoms with van der Waals surface area (Å²) in [4.78, 5) is 30.6. The van der Waals surface area contributed by atoms with Gasteiger partial charge < -0.3 is 23.9 Å². The minimum atomic E-state index is -0.547. The Bertz CT molecular complexity index is 1000. The number of nitrogens with zero attached hydrogens (tertiary/aromatic N) is 3. The molecule has 3 aromatic rings. The molecular formula is C19H19N5O5. The zero-order chi connectivity index (χ0) is 20.2. The van der Waals surface area contributed by atoms with Crippen molar-refractivity contribution in [2.24, 2.45) is 0 Å². The van der Waals surface area contributed by atoms with Crippen LogP contribution in [0.15, 0.2) is 45.5 Å². The van der Waals surface area contributed by atoms with Gasteiger partial charge in [-0.05, 0) is 31.2 Å². The Kier molecular flexibility index (Phi) is 5.25. The van der Waals surface area contributed by atoms with Crippen molar-refractivity contribution in [3.63, 3.8) is 0 Å². The molecule has 0 bridgehead atoms. The van der Waals surface area contributed by atoms with Crippen LogP contribution in [-0.2, 0) is 4.74 Å². The number of morpholine rings is 1. The second-order valence-electron chi connectivity index (χ2n) is 6.42. The molecule has 0 atom stereocenters. The first-order chi connectivity index (χ1) is 14.1. The summed E-state index contributed by atoms with van der Waals surface area (Å²) in [5, 5.41) is 8.77. The molecule has 2 amide bonds. The number of carbonyl (C=O) groups is 2. The highest BCUT2D eigenvalue weighted by Gasteiger charge is 2.17. The molecule has 1 fully saturated rings. The Balaban J connectivity index is 1.35. The molecule has 3 heterocycles. The topological polar surface area (TPSA) is 123 Å². The highest BCUT2D eigenvalue weighted by atomic mass is 16.5. The number of rotatable bonds is 5. The van der Waals surface area contributed by atoms with Gasteiger partial charge in [-0.25, -0.2) is 0 Å². The van der Waals surface area contributed by atoms with Crippen LogP contribution in [-0.4, -0.2) is 48.3 Å². The lowest BCUT2D eigenvalue weighted by molar-refractivity contribution is 0.100. The second kappa shape index (κ2) is 8.15. The number of carbonyl (C=O) groups excluding carboxylic acids is 2. The number of aryl methyl sites for hydroxylation is 1. The number of hydrogen-bond donors (Lipinski definition) is 2. The van der Waals surface area contributed by atoms with Gasteiger partial charge in [0.15, 0.2) is 11.4 Å². The number of benzene rings is 1. The first-order valence-electron chi connectivity index (χ1n) is 9.03. The minimum Gasteiger partial charge on any atom is -0.431 e. The van der Waals surface area contributed by atoms with Gasteiger partial charge in [-0.2, -0.15) is 4.98 Å². The molecule has 0 radical (unpaired) electrons. The molecule has 2 N–H and O–H groups in total. The van der Waals surface area contributed by atoms with Crippen LogP contribution in [0.5, 0.6) is 0 Å². The zero-order valence-electron chi connectivity index (χ0n) is 15.7. The van der Waals surface area contributed by atoms with E-state index in [0.717, 1.165) is 18.8 Å². The monoisotopic (exact) mass is 397 g/mol. The molecular weight excluding hydrogens is 378 g/mol. The molecule has 1 aromatic carbocycles. The Labute approximate surface area is 165 Å². The Morgan fingerprint density at radius 1 is 1.03 bits per heavy atom. The minimum absolute atomic E-state index is 0.0360. The summed E-state index contributed by atoms with van der Waals surface area (Å²) in [5.41, 5.74) is 1.82. The van der Waals surface area contributed by atoms with Crippen molar-refractivity contribution in [2.75, 3.05) is 41.8 Å². The van der Waals surface area contributed by atoms with E-state index >= 15 is 0 Å². The third-order valence-corrected chi connectivity index (χ3v) is 4.32. The van der Waals surface area contributed by atoms with Gasteiger partial charge in [0.05, 0.1) is 13.2 Å². The molecule has 1 aliphatic rings. The second-order valence-corrected chi connectivity index (χ2v) is 6.42. The van der Waals surface area contributed by atoms with Crippen LogP contribution >= 0.6 is 0 Å². The van der Waals surface area contributed by atoms with Crippen molar-refractivity contribution in [3.8, 4) is 0 Å². The summed E-state index contributed by atoms with van der Waals surface area (Å²) in [7, 11) is 0. The van der Waals surface area contributed by atoms with E-state index in [2.05, 4.69) is 25.7 Å². The number of amides is 2. The van der Waals surface area contributed by atoms with Crippen molar-refractivity contribution < 1.29 is 23.3 Å². The average Bonchev–Trinajstić information content (AvgIpc) is 3.38. The lowest BCUT2D eigenvalue weighted by Gasteiger charge is -2.28. The largest absolute Gasteiger partial charge is 0.431 e. The number of hydrogen-bond acceptors (Lipinski definition) is 8. The first kappa shape index (κ1) is 18.7. The van der Waals surface area contributed by atoms with E-state index in [4.69, 9.17) is 13.7 Å². The fraction of sp³-hybridized carbons (Fsp3) is 0.263. The van der Waals surface area contributed by atoms with Gasteiger partial charge in [0.2, 0.25) is 0 Å². The van der Waals surface area contributed by atoms with Crippen molar-refractivity contribution in [1.29, 1.82) is 0 Å². The molecule has 150 valence electrons. The van der Waals surface area contributed by atoms with Gasteiger partial charge in [-0.1, -0.05) is 5.16 Å². The van der Waals surface area contributed by atoms with Crippen LogP contribution in [0.2, 0.25) is 0 Å². The van der Waals surface area contributed by atoms with Gasteiger partial charge in [0.1, 0.15) is 12.0 Å². The molecule has 1 saturated heterocycles. The fourth-order valence-electron chi connectivity index (χ4n) is 2.84. The summed E-state index contributed by atoms with van der Waals surface area (Å²) in [6.45, 7) is 4.77. The van der Waals surface area contributed by atoms with Crippen LogP contribution < -0.4 is 15.5 Å². The Morgan fingerprint density at radius 3 is 2.45 bits per heavy atom. The predicted octanol–water partition coefficient (Wildman–Crippen LogP) is 2.31. The SMILES string of the molecule is Cc1cc(C(=O)Nc2nc(C(=O)Nc3ccc(N4CCOCC4)cc3)co2)no1. The van der Waals surface area contributed by atoms with Gasteiger partial charge in [-0.3, -0.25) is 14.9 Å². The smallest absolute Gasteiger partial charge is 0.302 e. The van der Waals surface area contributed by atoms with Crippen LogP contribution in [0.3, 0.4) is 0 Å². The van der Waals surface area contributed by atoms with Crippen LogP contribution in [0.25, 0.3) is 0 Å². The van der Waals surface area contributed by atoms with Gasteiger partial charge in [0, 0.05) is 30.5 Å². The Hall–Kier alpha value is -3.66. The lowest BCUT2D eigenvalue weighted by Crippen LogP contribution is -2.36. The van der Waals surface area contributed by atoms with Crippen LogP contribution in [0.1, 0.15) is 26.7 Å². The molecule has 0 saturated carbocycles. The van der Waals surface area contributed by atoms with Gasteiger partial charge >= 0.3 is 6.01 Å². The molecule has 0 spiro atoms. The molecule has 1 aliphatic heterocycles. The van der Waals surface area contributed by atoms with E-state index in [1.807, 2.05) is 24.3 Å². The van der Waals surface area contributed by atoms with Crippen molar-refractivity contribution in [2.45, 2.75) is 6.92 Å². The molecule has 0 aliphatic carbocycles. The predicted molar refractivity (Wildman–Crippen MR) is 103 cm³/mol. The highest BCUT2D eigenvalue weighted by Crippen LogP contribution is 2.20. The highest BCUT2D eigenvalue weighted by molar-refractivity contribution is 6.04. The summed E-state index contributed by atoms with van der Waals surface area (Å²) in [6.07, 6.45) is 1.17. The third kappa shape index (κ3) is 4.43. The molecule has 10 nitrogen and oxygen atoms in total. The quantitative estimate of drug-likeness (QED) is 0.672. The standard InChI is InChI=1S/C19H19N5O5/c1-12-10-15(23-29-12)17(25)22-19-21-16(11-28-19)18(26)20-13-2-4-14(5-3-13)24-6-8-27-9-7-24/h2-5,10-11H,6-9H2,1H3,(H,20,26)(H,21,22,25). The van der Waals surface area contributed by atoms with E-state index < -0.39 is 11.8 Å². The number of ether oxygens (including phenoxy) is 1. The first-order valence-corrected chi connectivity index (χ1v) is 9.03. The summed E-state index contributed by atoms with van der Waals surface area (Å²) >= 11 is 0.